The van der Waals surface area contributed by atoms with E-state index in [0.717, 1.165) is 12.1 Å². The Labute approximate surface area is 152 Å². The summed E-state index contributed by atoms with van der Waals surface area (Å²) in [7, 11) is 3.58. The van der Waals surface area contributed by atoms with Gasteiger partial charge in [0.1, 0.15) is 11.6 Å². The highest BCUT2D eigenvalue weighted by Crippen LogP contribution is 2.23. The fourth-order valence-electron chi connectivity index (χ4n) is 2.35. The maximum atomic E-state index is 14.4. The summed E-state index contributed by atoms with van der Waals surface area (Å²) in [5.41, 5.74) is 1.92. The van der Waals surface area contributed by atoms with Crippen LogP contribution in [0.5, 0.6) is 0 Å². The molecular formula is C20H23F2N3O. The average molecular weight is 359 g/mol. The van der Waals surface area contributed by atoms with Gasteiger partial charge in [0.25, 0.3) is 0 Å². The number of hydrogen-bond acceptors (Lipinski definition) is 3. The molecule has 0 N–H and O–H groups in total. The zero-order valence-electron chi connectivity index (χ0n) is 15.5. The van der Waals surface area contributed by atoms with Crippen molar-refractivity contribution in [3.63, 3.8) is 0 Å². The van der Waals surface area contributed by atoms with Gasteiger partial charge in [0, 0.05) is 32.4 Å². The Morgan fingerprint density at radius 2 is 1.81 bits per heavy atom. The number of halogens is 2. The molecule has 6 heteroatoms. The van der Waals surface area contributed by atoms with Crippen LogP contribution in [0.4, 0.5) is 20.2 Å². The van der Waals surface area contributed by atoms with Gasteiger partial charge in [0.15, 0.2) is 5.78 Å². The molecule has 138 valence electrons. The quantitative estimate of drug-likeness (QED) is 0.422. The Hall–Kier alpha value is -2.76. The van der Waals surface area contributed by atoms with Crippen molar-refractivity contribution < 1.29 is 13.6 Å². The molecule has 0 aromatic heterocycles. The molecule has 4 nitrogen and oxygen atoms in total. The van der Waals surface area contributed by atoms with E-state index < -0.39 is 5.82 Å². The van der Waals surface area contributed by atoms with Gasteiger partial charge in [-0.3, -0.25) is 4.79 Å². The number of hydrogen-bond donors (Lipinski definition) is 0. The highest BCUT2D eigenvalue weighted by atomic mass is 19.1. The highest BCUT2D eigenvalue weighted by molar-refractivity contribution is 6.00. The van der Waals surface area contributed by atoms with Crippen molar-refractivity contribution in [3.05, 3.63) is 59.2 Å². The largest absolute Gasteiger partial charge is 0.367 e. The SMILES string of the molecule is CCN(C)/C=N/c1cc(F)c(C(=O)CN(C)c2ccc(F)cc2)cc1C. The molecule has 0 aliphatic rings. The zero-order valence-corrected chi connectivity index (χ0v) is 15.5. The molecule has 0 unspecified atom stereocenters. The third-order valence-electron chi connectivity index (χ3n) is 4.13. The van der Waals surface area contributed by atoms with Gasteiger partial charge in [-0.25, -0.2) is 13.8 Å². The molecule has 0 aliphatic heterocycles. The van der Waals surface area contributed by atoms with Crippen LogP contribution in [0.2, 0.25) is 0 Å². The lowest BCUT2D eigenvalue weighted by atomic mass is 10.0. The molecule has 2 aromatic rings. The number of likely N-dealkylation sites (N-methyl/N-ethyl adjacent to an activating group) is 1. The van der Waals surface area contributed by atoms with Crippen LogP contribution >= 0.6 is 0 Å². The van der Waals surface area contributed by atoms with E-state index in [4.69, 9.17) is 0 Å². The van der Waals surface area contributed by atoms with Gasteiger partial charge in [0.05, 0.1) is 24.1 Å². The molecule has 2 rings (SSSR count). The van der Waals surface area contributed by atoms with Gasteiger partial charge >= 0.3 is 0 Å². The lowest BCUT2D eigenvalue weighted by molar-refractivity contribution is 0.0996. The summed E-state index contributed by atoms with van der Waals surface area (Å²) in [4.78, 5) is 20.3. The standard InChI is InChI=1S/C20H23F2N3O/c1-5-24(3)13-23-19-11-18(22)17(10-14(19)2)20(26)12-25(4)16-8-6-15(21)7-9-16/h6-11,13H,5,12H2,1-4H3/b23-13+. The topological polar surface area (TPSA) is 35.9 Å². The molecule has 0 spiro atoms. The van der Waals surface area contributed by atoms with E-state index in [0.29, 0.717) is 11.4 Å². The normalized spacial score (nSPS) is 11.0. The monoisotopic (exact) mass is 359 g/mol. The average Bonchev–Trinajstić information content (AvgIpc) is 2.62. The van der Waals surface area contributed by atoms with E-state index in [-0.39, 0.29) is 23.7 Å². The number of benzene rings is 2. The summed E-state index contributed by atoms with van der Waals surface area (Å²) in [5, 5.41) is 0. The van der Waals surface area contributed by atoms with Crippen LogP contribution in [0.1, 0.15) is 22.8 Å². The van der Waals surface area contributed by atoms with Crippen LogP contribution in [0.3, 0.4) is 0 Å². The van der Waals surface area contributed by atoms with Crippen molar-refractivity contribution >= 4 is 23.5 Å². The van der Waals surface area contributed by atoms with E-state index >= 15 is 0 Å². The first-order valence-corrected chi connectivity index (χ1v) is 8.36. The zero-order chi connectivity index (χ0) is 19.3. The van der Waals surface area contributed by atoms with Crippen LogP contribution in [0, 0.1) is 18.6 Å². The number of Topliss-reactive ketones (excluding diaryl/α,β-unsaturated/α-hetero) is 1. The summed E-state index contributed by atoms with van der Waals surface area (Å²) in [6.45, 7) is 4.55. The lowest BCUT2D eigenvalue weighted by Crippen LogP contribution is -2.26. The van der Waals surface area contributed by atoms with Gasteiger partial charge in [-0.05, 0) is 49.7 Å². The van der Waals surface area contributed by atoms with Gasteiger partial charge in [-0.1, -0.05) is 0 Å². The Kier molecular flexibility index (Phi) is 6.44. The second-order valence-electron chi connectivity index (χ2n) is 6.19. The van der Waals surface area contributed by atoms with Gasteiger partial charge in [-0.2, -0.15) is 0 Å². The van der Waals surface area contributed by atoms with Gasteiger partial charge in [0.2, 0.25) is 0 Å². The molecule has 0 atom stereocenters. The number of aryl methyl sites for hydroxylation is 1. The summed E-state index contributed by atoms with van der Waals surface area (Å²) in [5.74, 6) is -1.29. The molecular weight excluding hydrogens is 336 g/mol. The highest BCUT2D eigenvalue weighted by Gasteiger charge is 2.16. The molecule has 0 amide bonds. The Balaban J connectivity index is 2.17. The number of carbonyl (C=O) groups excluding carboxylic acids is 1. The molecule has 26 heavy (non-hydrogen) atoms. The maximum Gasteiger partial charge on any atom is 0.185 e. The van der Waals surface area contributed by atoms with Gasteiger partial charge < -0.3 is 9.80 Å². The number of nitrogens with zero attached hydrogens (tertiary/aromatic N) is 3. The molecule has 0 heterocycles. The second-order valence-corrected chi connectivity index (χ2v) is 6.19. The summed E-state index contributed by atoms with van der Waals surface area (Å²) in [6, 6.07) is 8.59. The number of anilines is 1. The van der Waals surface area contributed by atoms with Crippen molar-refractivity contribution in [3.8, 4) is 0 Å². The first kappa shape index (κ1) is 19.6. The first-order valence-electron chi connectivity index (χ1n) is 8.36. The van der Waals surface area contributed by atoms with E-state index in [1.165, 1.54) is 24.3 Å². The van der Waals surface area contributed by atoms with Crippen molar-refractivity contribution in [2.24, 2.45) is 4.99 Å². The summed E-state index contributed by atoms with van der Waals surface area (Å²) in [6.07, 6.45) is 1.63. The van der Waals surface area contributed by atoms with Crippen molar-refractivity contribution in [1.29, 1.82) is 0 Å². The van der Waals surface area contributed by atoms with E-state index in [1.807, 2.05) is 18.9 Å². The summed E-state index contributed by atoms with van der Waals surface area (Å²) >= 11 is 0. The Bertz CT molecular complexity index is 803. The molecule has 0 saturated carbocycles. The predicted octanol–water partition coefficient (Wildman–Crippen LogP) is 4.20. The van der Waals surface area contributed by atoms with Crippen LogP contribution in [-0.4, -0.2) is 44.2 Å². The maximum absolute atomic E-state index is 14.4. The third kappa shape index (κ3) is 4.88. The number of carbonyl (C=O) groups is 1. The van der Waals surface area contributed by atoms with E-state index in [1.54, 1.807) is 37.3 Å². The summed E-state index contributed by atoms with van der Waals surface area (Å²) < 4.78 is 27.4. The smallest absolute Gasteiger partial charge is 0.185 e. The van der Waals surface area contributed by atoms with Crippen LogP contribution in [-0.2, 0) is 0 Å². The number of rotatable bonds is 7. The predicted molar refractivity (Wildman–Crippen MR) is 102 cm³/mol. The minimum atomic E-state index is -0.598. The van der Waals surface area contributed by atoms with E-state index in [9.17, 15) is 13.6 Å². The van der Waals surface area contributed by atoms with Crippen LogP contribution < -0.4 is 4.90 Å². The van der Waals surface area contributed by atoms with Crippen LogP contribution in [0.25, 0.3) is 0 Å². The minimum absolute atomic E-state index is 0.0107. The molecule has 0 aliphatic carbocycles. The first-order chi connectivity index (χ1) is 12.3. The van der Waals surface area contributed by atoms with Crippen molar-refractivity contribution in [1.82, 2.24) is 4.90 Å². The second kappa shape index (κ2) is 8.56. The molecule has 0 bridgehead atoms. The Morgan fingerprint density at radius 1 is 1.15 bits per heavy atom. The van der Waals surface area contributed by atoms with Gasteiger partial charge in [-0.15, -0.1) is 0 Å². The molecule has 2 aromatic carbocycles. The Morgan fingerprint density at radius 3 is 2.42 bits per heavy atom. The minimum Gasteiger partial charge on any atom is -0.367 e. The molecule has 0 fully saturated rings. The number of ketones is 1. The van der Waals surface area contributed by atoms with Crippen LogP contribution in [0.15, 0.2) is 41.4 Å². The molecule has 0 radical (unpaired) electrons. The lowest BCUT2D eigenvalue weighted by Gasteiger charge is -2.19. The van der Waals surface area contributed by atoms with E-state index in [2.05, 4.69) is 4.99 Å². The molecule has 0 saturated heterocycles. The van der Waals surface area contributed by atoms with Crippen molar-refractivity contribution in [2.45, 2.75) is 13.8 Å². The third-order valence-corrected chi connectivity index (χ3v) is 4.13. The number of aliphatic imine (C=N–C) groups is 1. The van der Waals surface area contributed by atoms with Crippen molar-refractivity contribution in [2.75, 3.05) is 32.1 Å². The fourth-order valence-corrected chi connectivity index (χ4v) is 2.35. The fraction of sp³-hybridized carbons (Fsp3) is 0.300.